The van der Waals surface area contributed by atoms with Gasteiger partial charge in [-0.25, -0.2) is 0 Å². The van der Waals surface area contributed by atoms with Gasteiger partial charge in [0.1, 0.15) is 268 Å². The summed E-state index contributed by atoms with van der Waals surface area (Å²) < 4.78 is 122. The van der Waals surface area contributed by atoms with E-state index in [4.69, 9.17) is 99.5 Å². The number of nitrogens with one attached hydrogen (secondary N) is 2. The molecule has 0 radical (unpaired) electrons. The number of carbonyl (C=O) groups is 2. The molecule has 0 aromatic rings. The van der Waals surface area contributed by atoms with Crippen LogP contribution in [0.1, 0.15) is 13.8 Å². The molecule has 58 nitrogen and oxygen atoms in total. The van der Waals surface area contributed by atoms with Gasteiger partial charge in [-0.3, -0.25) is 9.59 Å². The normalized spacial score (nSPS) is 51.7. The first-order valence-electron chi connectivity index (χ1n) is 40.7. The molecular weight excluding hydrogens is 1760 g/mol. The molecule has 0 aromatic carbocycles. The molecule has 0 saturated carbocycles. The quantitative estimate of drug-likeness (QED) is 0.0290. The van der Waals surface area contributed by atoms with Crippen molar-refractivity contribution in [3.8, 4) is 0 Å². The van der Waals surface area contributed by atoms with Gasteiger partial charge < -0.3 is 279 Å². The number of rotatable bonds is 33. The van der Waals surface area contributed by atoms with E-state index in [1.54, 1.807) is 0 Å². The Morgan fingerprint density at radius 3 is 0.781 bits per heavy atom. The lowest BCUT2D eigenvalue weighted by Gasteiger charge is -2.51. The summed E-state index contributed by atoms with van der Waals surface area (Å²) >= 11 is 0. The average molecular weight is 1880 g/mol. The first-order chi connectivity index (χ1) is 60.7. The maximum absolute atomic E-state index is 13.0. The van der Waals surface area contributed by atoms with Gasteiger partial charge in [-0.2, -0.15) is 0 Å². The van der Waals surface area contributed by atoms with Crippen molar-refractivity contribution in [3.63, 3.8) is 0 Å². The lowest BCUT2D eigenvalue weighted by atomic mass is 9.94. The van der Waals surface area contributed by atoms with Crippen LogP contribution in [0.3, 0.4) is 0 Å². The third-order valence-electron chi connectivity index (χ3n) is 23.8. The molecule has 11 aliphatic rings. The van der Waals surface area contributed by atoms with Crippen molar-refractivity contribution in [2.75, 3.05) is 72.7 Å². The van der Waals surface area contributed by atoms with Crippen molar-refractivity contribution in [2.45, 2.75) is 351 Å². The molecule has 11 heterocycles. The van der Waals surface area contributed by atoms with Crippen LogP contribution >= 0.6 is 0 Å². The number of hydrogen-bond donors (Lipinski definition) is 35. The number of aliphatic hydroxyl groups excluding tert-OH is 33. The highest BCUT2D eigenvalue weighted by Gasteiger charge is 2.63. The topological polar surface area (TPSA) is 920 Å². The van der Waals surface area contributed by atoms with Crippen LogP contribution in [0.4, 0.5) is 0 Å². The highest BCUT2D eigenvalue weighted by molar-refractivity contribution is 5.73. The summed E-state index contributed by atoms with van der Waals surface area (Å²) in [6.45, 7) is -10.4. The Hall–Kier alpha value is -3.22. The summed E-state index contributed by atoms with van der Waals surface area (Å²) in [6, 6.07) is -3.62. The molecule has 0 spiro atoms. The molecule has 11 aliphatic heterocycles. The van der Waals surface area contributed by atoms with E-state index in [1.165, 1.54) is 0 Å². The molecule has 58 heteroatoms. The number of amides is 2. The van der Waals surface area contributed by atoms with Gasteiger partial charge in [-0.05, 0) is 0 Å². The SMILES string of the molecule is CC(=O)N[C@@H]1[C@@H](O)[C@H](O[C@@H]2O[C@H](CO)[C@@H](O[C@@H]3O[C@H](CO[C@H]4O[C@H](CO[C@@H]5O[C@H](CO)[C@@H](O)[C@H](O)[C@@H]5O)[C@@H](O)[C@H](O)[C@@H]4O)[C@@H](O)[C@H](O[C@H]4O[C@H](CO)[C@@H](O)[C@H](O)[C@@H]4O[C@H]4O[C@H](CO)[C@@H](O)[C@H](O)[C@@H]4O[C@H]4O[C@H](CO)[C@@H](O)[C@H](O[C@H]5O[C@H](CO)[C@@H](O)[C@H](O[C@H]6O[C@H](CO)[C@@H](O)[C@H](O)[C@H]6O[C@H]6O[C@H](CO)[C@@H](O)[C@H](O)[C@H]6O)[C@H]5O)[C@@H]4O)[C@@H]3O)[C@H](O)[C@H]2NC(C)=O)[C@@H](CO)O[C@H]1O. The van der Waals surface area contributed by atoms with Gasteiger partial charge >= 0.3 is 0 Å². The van der Waals surface area contributed by atoms with Crippen molar-refractivity contribution in [2.24, 2.45) is 0 Å². The summed E-state index contributed by atoms with van der Waals surface area (Å²) in [5.41, 5.74) is 0. The van der Waals surface area contributed by atoms with E-state index in [9.17, 15) is 178 Å². The predicted molar refractivity (Wildman–Crippen MR) is 386 cm³/mol. The van der Waals surface area contributed by atoms with Crippen molar-refractivity contribution < 1.29 is 278 Å². The van der Waals surface area contributed by atoms with Crippen molar-refractivity contribution in [3.05, 3.63) is 0 Å². The highest BCUT2D eigenvalue weighted by Crippen LogP contribution is 2.42. The fourth-order valence-corrected chi connectivity index (χ4v) is 16.5. The molecule has 35 N–H and O–H groups in total. The van der Waals surface area contributed by atoms with Crippen molar-refractivity contribution >= 4 is 11.8 Å². The van der Waals surface area contributed by atoms with Crippen LogP contribution in [0, 0.1) is 0 Å². The van der Waals surface area contributed by atoms with Gasteiger partial charge in [0.15, 0.2) is 69.2 Å². The average Bonchev–Trinajstić information content (AvgIpc) is 0.765. The van der Waals surface area contributed by atoms with Crippen LogP contribution in [0.5, 0.6) is 0 Å². The van der Waals surface area contributed by atoms with Crippen LogP contribution in [-0.4, -0.2) is 591 Å². The van der Waals surface area contributed by atoms with E-state index in [-0.39, 0.29) is 0 Å². The first-order valence-corrected chi connectivity index (χ1v) is 40.7. The van der Waals surface area contributed by atoms with E-state index in [1.807, 2.05) is 0 Å². The van der Waals surface area contributed by atoms with Crippen LogP contribution in [0.15, 0.2) is 0 Å². The Morgan fingerprint density at radius 2 is 0.422 bits per heavy atom. The monoisotopic (exact) mass is 1880 g/mol. The van der Waals surface area contributed by atoms with Gasteiger partial charge in [-0.1, -0.05) is 0 Å². The summed E-state index contributed by atoms with van der Waals surface area (Å²) in [5.74, 6) is -1.77. The van der Waals surface area contributed by atoms with Gasteiger partial charge in [0, 0.05) is 13.8 Å². The zero-order chi connectivity index (χ0) is 94.0. The van der Waals surface area contributed by atoms with E-state index in [2.05, 4.69) is 10.6 Å². The Kier molecular flexibility index (Phi) is 37.7. The number of aliphatic hydroxyl groups is 33. The summed E-state index contributed by atoms with van der Waals surface area (Å²) in [4.78, 5) is 25.2. The van der Waals surface area contributed by atoms with Crippen molar-refractivity contribution in [1.82, 2.24) is 10.6 Å². The van der Waals surface area contributed by atoms with Gasteiger partial charge in [-0.15, -0.1) is 0 Å². The molecule has 0 bridgehead atoms. The fraction of sp³-hybridized carbons (Fsp3) is 0.971. The van der Waals surface area contributed by atoms with Gasteiger partial charge in [0.25, 0.3) is 0 Å². The molecule has 2 amide bonds. The minimum atomic E-state index is -2.63. The predicted octanol–water partition coefficient (Wildman–Crippen LogP) is -24.7. The number of hydrogen-bond acceptors (Lipinski definition) is 56. The van der Waals surface area contributed by atoms with E-state index in [0.717, 1.165) is 13.8 Å². The summed E-state index contributed by atoms with van der Waals surface area (Å²) in [6.07, 6.45) is -115. The largest absolute Gasteiger partial charge is 0.394 e. The first kappa shape index (κ1) is 105. The summed E-state index contributed by atoms with van der Waals surface area (Å²) in [5, 5.41) is 371. The third-order valence-corrected chi connectivity index (χ3v) is 23.8. The fourth-order valence-electron chi connectivity index (χ4n) is 16.5. The number of ether oxygens (including phenoxy) is 21. The highest BCUT2D eigenvalue weighted by atomic mass is 16.8. The minimum Gasteiger partial charge on any atom is -0.394 e. The Labute approximate surface area is 722 Å². The summed E-state index contributed by atoms with van der Waals surface area (Å²) in [7, 11) is 0. The van der Waals surface area contributed by atoms with Gasteiger partial charge in [0.2, 0.25) is 11.8 Å². The van der Waals surface area contributed by atoms with Crippen LogP contribution in [-0.2, 0) is 109 Å². The molecule has 11 saturated heterocycles. The van der Waals surface area contributed by atoms with Crippen LogP contribution < -0.4 is 10.6 Å². The zero-order valence-electron chi connectivity index (χ0n) is 67.7. The lowest BCUT2D eigenvalue weighted by Crippen LogP contribution is -2.70. The van der Waals surface area contributed by atoms with E-state index < -0.39 is 422 Å². The zero-order valence-corrected chi connectivity index (χ0v) is 67.7. The maximum atomic E-state index is 13.0. The number of carbonyl (C=O) groups excluding carboxylic acids is 2. The molecule has 0 aromatic heterocycles. The molecule has 0 unspecified atom stereocenters. The second kappa shape index (κ2) is 45.8. The molecule has 11 fully saturated rings. The molecule has 128 heavy (non-hydrogen) atoms. The smallest absolute Gasteiger partial charge is 0.217 e. The standard InChI is InChI=1S/C70H118N2O56/c1-14(82)71-27-38(93)52(23(10-80)110-60(27)107)121-61-28(72-15(2)83)39(94)53(24(11-81)118-61)122-67-51(106)56(37(92)26(120-67)13-109-63-47(102)42(97)34(89)25(119-63)12-108-62-46(101)40(95)29(84)16(3-73)111-62)125-69-59(45(100)33(88)19(6-76)116-69)128-70-58(44(99)32(87)20(7-77)117-70)127-66-49(104)54(35(90)21(8-78)114-66)123-65-50(105)55(36(91)22(9-79)113-65)124-68-57(43(98)31(86)18(5-75)115-68)126-64-48(103)41(96)30(85)17(4-74)112-64/h16-70,73-81,84-107H,3-13H2,1-2H3,(H,71,82)(H,72,83)/t16-,17-,18-,19-,20-,21-,22-,23-,24-,25-,26-,27-,28-,29-,30-,31-,32-,33-,34-,35-,36-,37-,38-,39-,40+,41+,42+,43+,44+,45+,46+,47+,48-,49+,50-,51+,52-,53-,54+,55+,56+,57-,58+,59+,60-,61+,62-,63+,64-,65-,66-,67+,68-,69-,70-/m1/s1. The molecule has 11 rings (SSSR count). The molecular formula is C70H118N2O56. The van der Waals surface area contributed by atoms with Crippen molar-refractivity contribution in [1.29, 1.82) is 0 Å². The third kappa shape index (κ3) is 22.5. The Morgan fingerprint density at radius 1 is 0.203 bits per heavy atom. The Bertz CT molecular complexity index is 3390. The second-order valence-electron chi connectivity index (χ2n) is 32.3. The Balaban J connectivity index is 0.872. The molecule has 744 valence electrons. The molecule has 0 aliphatic carbocycles. The van der Waals surface area contributed by atoms with E-state index >= 15 is 0 Å². The maximum Gasteiger partial charge on any atom is 0.217 e. The minimum absolute atomic E-state index is 0.804. The lowest BCUT2D eigenvalue weighted by molar-refractivity contribution is -0.413. The van der Waals surface area contributed by atoms with Gasteiger partial charge in [0.05, 0.1) is 72.7 Å². The van der Waals surface area contributed by atoms with Crippen LogP contribution in [0.2, 0.25) is 0 Å². The van der Waals surface area contributed by atoms with Crippen LogP contribution in [0.25, 0.3) is 0 Å². The second-order valence-corrected chi connectivity index (χ2v) is 32.3. The molecule has 55 atom stereocenters. The van der Waals surface area contributed by atoms with E-state index in [0.29, 0.717) is 0 Å².